The lowest BCUT2D eigenvalue weighted by Crippen LogP contribution is -2.51. The summed E-state index contributed by atoms with van der Waals surface area (Å²) >= 11 is 0. The summed E-state index contributed by atoms with van der Waals surface area (Å²) in [5, 5.41) is 3.09. The Morgan fingerprint density at radius 3 is 2.68 bits per heavy atom. The van der Waals surface area contributed by atoms with Gasteiger partial charge in [0.15, 0.2) is 0 Å². The molecule has 1 atom stereocenters. The van der Waals surface area contributed by atoms with E-state index in [9.17, 15) is 4.79 Å². The third-order valence-corrected chi connectivity index (χ3v) is 4.50. The minimum absolute atomic E-state index is 0.105. The third-order valence-electron chi connectivity index (χ3n) is 4.50. The van der Waals surface area contributed by atoms with Crippen LogP contribution in [-0.4, -0.2) is 61.1 Å². The van der Waals surface area contributed by atoms with Gasteiger partial charge in [-0.15, -0.1) is 0 Å². The van der Waals surface area contributed by atoms with Gasteiger partial charge in [0.2, 0.25) is 5.91 Å². The second-order valence-corrected chi connectivity index (χ2v) is 6.20. The first-order valence-electron chi connectivity index (χ1n) is 8.14. The molecule has 1 saturated carbocycles. The molecule has 1 saturated heterocycles. The van der Waals surface area contributed by atoms with Gasteiger partial charge in [0.05, 0.1) is 6.54 Å². The molecule has 1 amide bonds. The van der Waals surface area contributed by atoms with E-state index in [2.05, 4.69) is 20.1 Å². The number of nitrogens with two attached hydrogens (primary N) is 1. The number of aromatic nitrogens is 1. The van der Waals surface area contributed by atoms with Crippen molar-refractivity contribution in [2.75, 3.05) is 44.2 Å². The maximum Gasteiger partial charge on any atom is 0.234 e. The Bertz CT molecular complexity index is 483. The second kappa shape index (κ2) is 7.07. The van der Waals surface area contributed by atoms with E-state index in [-0.39, 0.29) is 11.9 Å². The van der Waals surface area contributed by atoms with Crippen molar-refractivity contribution in [2.24, 2.45) is 11.7 Å². The Kier molecular flexibility index (Phi) is 4.90. The van der Waals surface area contributed by atoms with Crippen LogP contribution in [0.25, 0.3) is 0 Å². The van der Waals surface area contributed by atoms with Gasteiger partial charge in [-0.2, -0.15) is 0 Å². The highest BCUT2D eigenvalue weighted by Crippen LogP contribution is 2.32. The fourth-order valence-electron chi connectivity index (χ4n) is 3.00. The van der Waals surface area contributed by atoms with Crippen LogP contribution in [-0.2, 0) is 4.79 Å². The second-order valence-electron chi connectivity index (χ2n) is 6.20. The molecular weight excluding hydrogens is 278 g/mol. The minimum Gasteiger partial charge on any atom is -0.354 e. The summed E-state index contributed by atoms with van der Waals surface area (Å²) in [6, 6.07) is 6.14. The fourth-order valence-corrected chi connectivity index (χ4v) is 3.00. The van der Waals surface area contributed by atoms with Crippen molar-refractivity contribution in [3.8, 4) is 0 Å². The molecular formula is C16H25N5O. The van der Waals surface area contributed by atoms with Gasteiger partial charge >= 0.3 is 0 Å². The van der Waals surface area contributed by atoms with Gasteiger partial charge < -0.3 is 16.0 Å². The van der Waals surface area contributed by atoms with Crippen LogP contribution in [0.3, 0.4) is 0 Å². The maximum atomic E-state index is 12.1. The summed E-state index contributed by atoms with van der Waals surface area (Å²) in [5.74, 6) is 1.73. The van der Waals surface area contributed by atoms with Crippen LogP contribution in [0, 0.1) is 5.92 Å². The van der Waals surface area contributed by atoms with Crippen LogP contribution in [0.1, 0.15) is 12.8 Å². The number of nitrogens with one attached hydrogen (secondary N) is 1. The van der Waals surface area contributed by atoms with Crippen LogP contribution in [0.15, 0.2) is 24.4 Å². The molecule has 22 heavy (non-hydrogen) atoms. The smallest absolute Gasteiger partial charge is 0.234 e. The summed E-state index contributed by atoms with van der Waals surface area (Å²) in [6.45, 7) is 4.62. The fraction of sp³-hybridized carbons (Fsp3) is 0.625. The van der Waals surface area contributed by atoms with E-state index >= 15 is 0 Å². The number of rotatable bonds is 6. The van der Waals surface area contributed by atoms with E-state index in [4.69, 9.17) is 5.73 Å². The van der Waals surface area contributed by atoms with Crippen molar-refractivity contribution in [1.29, 1.82) is 0 Å². The largest absolute Gasteiger partial charge is 0.354 e. The van der Waals surface area contributed by atoms with E-state index < -0.39 is 0 Å². The Balaban J connectivity index is 1.42. The molecule has 0 bridgehead atoms. The van der Waals surface area contributed by atoms with E-state index in [0.717, 1.165) is 32.0 Å². The highest BCUT2D eigenvalue weighted by atomic mass is 16.2. The molecule has 0 aromatic carbocycles. The van der Waals surface area contributed by atoms with Crippen molar-refractivity contribution < 1.29 is 4.79 Å². The summed E-state index contributed by atoms with van der Waals surface area (Å²) in [5.41, 5.74) is 5.74. The number of amides is 1. The normalized spacial score (nSPS) is 20.7. The molecule has 1 aliphatic heterocycles. The Hall–Kier alpha value is -1.66. The number of carbonyl (C=O) groups is 1. The predicted molar refractivity (Wildman–Crippen MR) is 86.6 cm³/mol. The molecule has 6 heteroatoms. The summed E-state index contributed by atoms with van der Waals surface area (Å²) in [4.78, 5) is 21.0. The first-order chi connectivity index (χ1) is 10.8. The molecule has 2 heterocycles. The number of hydrogen-bond acceptors (Lipinski definition) is 5. The first-order valence-corrected chi connectivity index (χ1v) is 8.14. The number of pyridine rings is 1. The van der Waals surface area contributed by atoms with Gasteiger partial charge in [0, 0.05) is 45.0 Å². The van der Waals surface area contributed by atoms with Crippen molar-refractivity contribution in [2.45, 2.75) is 18.9 Å². The molecule has 2 fully saturated rings. The standard InChI is InChI=1S/C16H25N5O/c17-11-14(13-4-5-13)19-16(22)12-20-7-9-21(10-8-20)15-3-1-2-6-18-15/h1-3,6,13-14H,4-5,7-12,17H2,(H,19,22). The molecule has 120 valence electrons. The van der Waals surface area contributed by atoms with Gasteiger partial charge in [-0.1, -0.05) is 6.07 Å². The quantitative estimate of drug-likeness (QED) is 0.777. The van der Waals surface area contributed by atoms with Gasteiger partial charge in [0.1, 0.15) is 5.82 Å². The third kappa shape index (κ3) is 3.96. The minimum atomic E-state index is 0.105. The van der Waals surface area contributed by atoms with Gasteiger partial charge in [-0.3, -0.25) is 9.69 Å². The molecule has 0 radical (unpaired) electrons. The van der Waals surface area contributed by atoms with Crippen LogP contribution >= 0.6 is 0 Å². The first kappa shape index (κ1) is 15.2. The van der Waals surface area contributed by atoms with Gasteiger partial charge in [0.25, 0.3) is 0 Å². The van der Waals surface area contributed by atoms with Crippen molar-refractivity contribution in [3.63, 3.8) is 0 Å². The summed E-state index contributed by atoms with van der Waals surface area (Å²) < 4.78 is 0. The van der Waals surface area contributed by atoms with Gasteiger partial charge in [-0.05, 0) is 30.9 Å². The molecule has 2 aliphatic rings. The van der Waals surface area contributed by atoms with Gasteiger partial charge in [-0.25, -0.2) is 4.98 Å². The molecule has 1 aromatic rings. The van der Waals surface area contributed by atoms with E-state index in [1.165, 1.54) is 12.8 Å². The Morgan fingerprint density at radius 1 is 1.32 bits per heavy atom. The average molecular weight is 303 g/mol. The predicted octanol–water partition coefficient (Wildman–Crippen LogP) is 0.0571. The van der Waals surface area contributed by atoms with Crippen molar-refractivity contribution in [3.05, 3.63) is 24.4 Å². The summed E-state index contributed by atoms with van der Waals surface area (Å²) in [6.07, 6.45) is 4.22. The number of hydrogen-bond donors (Lipinski definition) is 2. The summed E-state index contributed by atoms with van der Waals surface area (Å²) in [7, 11) is 0. The van der Waals surface area contributed by atoms with Crippen LogP contribution < -0.4 is 16.0 Å². The monoisotopic (exact) mass is 303 g/mol. The number of anilines is 1. The lowest BCUT2D eigenvalue weighted by molar-refractivity contribution is -0.123. The Labute approximate surface area is 131 Å². The molecule has 6 nitrogen and oxygen atoms in total. The molecule has 1 unspecified atom stereocenters. The molecule has 0 spiro atoms. The van der Waals surface area contributed by atoms with E-state index in [0.29, 0.717) is 19.0 Å². The van der Waals surface area contributed by atoms with E-state index in [1.54, 1.807) is 0 Å². The average Bonchev–Trinajstić information content (AvgIpc) is 3.39. The zero-order valence-electron chi connectivity index (χ0n) is 12.9. The molecule has 3 N–H and O–H groups in total. The number of piperazine rings is 1. The zero-order valence-corrected chi connectivity index (χ0v) is 12.9. The molecule has 1 aliphatic carbocycles. The van der Waals surface area contributed by atoms with Crippen LogP contribution in [0.2, 0.25) is 0 Å². The van der Waals surface area contributed by atoms with Crippen LogP contribution in [0.5, 0.6) is 0 Å². The molecule has 1 aromatic heterocycles. The highest BCUT2D eigenvalue weighted by Gasteiger charge is 2.31. The molecule has 3 rings (SSSR count). The van der Waals surface area contributed by atoms with E-state index in [1.807, 2.05) is 24.4 Å². The van der Waals surface area contributed by atoms with Crippen LogP contribution in [0.4, 0.5) is 5.82 Å². The van der Waals surface area contributed by atoms with Crippen molar-refractivity contribution >= 4 is 11.7 Å². The lowest BCUT2D eigenvalue weighted by Gasteiger charge is -2.35. The highest BCUT2D eigenvalue weighted by molar-refractivity contribution is 5.78. The number of nitrogens with zero attached hydrogens (tertiary/aromatic N) is 3. The SMILES string of the molecule is NCC(NC(=O)CN1CCN(c2ccccn2)CC1)C1CC1. The topological polar surface area (TPSA) is 74.5 Å². The number of carbonyl (C=O) groups excluding carboxylic acids is 1. The Morgan fingerprint density at radius 2 is 2.09 bits per heavy atom. The maximum absolute atomic E-state index is 12.1. The zero-order chi connectivity index (χ0) is 15.4. The van der Waals surface area contributed by atoms with Crippen molar-refractivity contribution in [1.82, 2.24) is 15.2 Å². The lowest BCUT2D eigenvalue weighted by atomic mass is 10.2.